The topological polar surface area (TPSA) is 125 Å². The first-order chi connectivity index (χ1) is 15.8. The third-order valence-corrected chi connectivity index (χ3v) is 5.09. The summed E-state index contributed by atoms with van der Waals surface area (Å²) in [4.78, 5) is 36.4. The molecule has 170 valence electrons. The number of hydrogen-bond acceptors (Lipinski definition) is 3. The highest BCUT2D eigenvalue weighted by atomic mass is 35.5. The highest BCUT2D eigenvalue weighted by Crippen LogP contribution is 2.29. The van der Waals surface area contributed by atoms with Crippen LogP contribution in [0.2, 0.25) is 5.02 Å². The van der Waals surface area contributed by atoms with Crippen LogP contribution in [-0.2, 0) is 0 Å². The van der Waals surface area contributed by atoms with Crippen molar-refractivity contribution in [3.63, 3.8) is 0 Å². The quantitative estimate of drug-likeness (QED) is 0.364. The third kappa shape index (κ3) is 6.98. The van der Waals surface area contributed by atoms with Gasteiger partial charge in [0.15, 0.2) is 0 Å². The highest BCUT2D eigenvalue weighted by Gasteiger charge is 2.28. The van der Waals surface area contributed by atoms with Crippen LogP contribution in [0.15, 0.2) is 78.9 Å². The summed E-state index contributed by atoms with van der Waals surface area (Å²) in [5.74, 6) is 0. The molecule has 33 heavy (non-hydrogen) atoms. The first-order valence-electron chi connectivity index (χ1n) is 10.1. The molecule has 0 aromatic heterocycles. The van der Waals surface area contributed by atoms with Gasteiger partial charge in [0.1, 0.15) is 0 Å². The molecular formula is C24H24ClN5O3. The Labute approximate surface area is 196 Å². The van der Waals surface area contributed by atoms with Gasteiger partial charge in [0.2, 0.25) is 0 Å². The lowest BCUT2D eigenvalue weighted by molar-refractivity contribution is 0.223. The molecule has 0 spiro atoms. The number of nitrogens with two attached hydrogens (primary N) is 1. The number of hydrogen-bond donors (Lipinski definition) is 5. The molecule has 0 unspecified atom stereocenters. The number of benzene rings is 3. The molecule has 3 aromatic carbocycles. The second kappa shape index (κ2) is 11.0. The number of urea groups is 3. The molecule has 8 nitrogen and oxygen atoms in total. The van der Waals surface area contributed by atoms with E-state index in [1.807, 2.05) is 66.8 Å². The summed E-state index contributed by atoms with van der Waals surface area (Å²) in [5.41, 5.74) is 8.15. The van der Waals surface area contributed by atoms with Crippen LogP contribution in [0.5, 0.6) is 0 Å². The summed E-state index contributed by atoms with van der Waals surface area (Å²) in [6.45, 7) is 1.95. The van der Waals surface area contributed by atoms with E-state index < -0.39 is 30.2 Å². The number of amides is 6. The predicted molar refractivity (Wildman–Crippen MR) is 128 cm³/mol. The molecule has 9 heteroatoms. The molecule has 0 fully saturated rings. The second-order valence-electron chi connectivity index (χ2n) is 7.34. The van der Waals surface area contributed by atoms with E-state index in [1.54, 1.807) is 24.3 Å². The van der Waals surface area contributed by atoms with Gasteiger partial charge in [0, 0.05) is 10.7 Å². The number of rotatable bonds is 6. The fraction of sp³-hybridized carbons (Fsp3) is 0.125. The Bertz CT molecular complexity index is 1110. The molecule has 0 saturated carbocycles. The van der Waals surface area contributed by atoms with E-state index in [1.165, 1.54) is 0 Å². The van der Waals surface area contributed by atoms with E-state index in [0.29, 0.717) is 10.7 Å². The molecule has 3 rings (SSSR count). The minimum Gasteiger partial charge on any atom is -0.351 e. The first kappa shape index (κ1) is 23.6. The molecule has 0 bridgehead atoms. The average Bonchev–Trinajstić information content (AvgIpc) is 2.78. The minimum absolute atomic E-state index is 0.485. The summed E-state index contributed by atoms with van der Waals surface area (Å²) < 4.78 is 0. The maximum absolute atomic E-state index is 12.9. The molecule has 0 aliphatic heterocycles. The zero-order valence-electron chi connectivity index (χ0n) is 17.8. The van der Waals surface area contributed by atoms with Crippen molar-refractivity contribution >= 4 is 35.4 Å². The van der Waals surface area contributed by atoms with Gasteiger partial charge in [0.25, 0.3) is 0 Å². The van der Waals surface area contributed by atoms with Crippen LogP contribution in [0, 0.1) is 6.92 Å². The standard InChI is InChI=1S/C24H24ClN5O3/c1-15-7-9-17(10-8-15)21(28-23(32)27-19-13-11-18(25)12-14-19)20(16-5-3-2-4-6-16)29-24(33)30-22(26)31/h2-14,20-21H,1H3,(H2,27,28,32)(H4,26,29,30,31,33)/t20-,21-/m0/s1. The largest absolute Gasteiger partial charge is 0.351 e. The van der Waals surface area contributed by atoms with Crippen LogP contribution in [0.25, 0.3) is 0 Å². The molecule has 0 radical (unpaired) electrons. The average molecular weight is 466 g/mol. The minimum atomic E-state index is -0.986. The van der Waals surface area contributed by atoms with E-state index in [4.69, 9.17) is 17.3 Å². The van der Waals surface area contributed by atoms with Gasteiger partial charge in [-0.25, -0.2) is 14.4 Å². The number of carbonyl (C=O) groups excluding carboxylic acids is 3. The van der Waals surface area contributed by atoms with Crippen molar-refractivity contribution in [3.8, 4) is 0 Å². The number of carbonyl (C=O) groups is 3. The van der Waals surface area contributed by atoms with Crippen molar-refractivity contribution in [2.45, 2.75) is 19.0 Å². The lowest BCUT2D eigenvalue weighted by atomic mass is 9.93. The summed E-state index contributed by atoms with van der Waals surface area (Å²) in [5, 5.41) is 11.0. The molecular weight excluding hydrogens is 442 g/mol. The van der Waals surface area contributed by atoms with Crippen LogP contribution in [-0.4, -0.2) is 18.1 Å². The van der Waals surface area contributed by atoms with E-state index in [0.717, 1.165) is 16.7 Å². The number of anilines is 1. The molecule has 6 N–H and O–H groups in total. The SMILES string of the molecule is Cc1ccc([C@H](NC(=O)Nc2ccc(Cl)cc2)[C@@H](NC(=O)NC(N)=O)c2ccccc2)cc1. The molecule has 3 aromatic rings. The summed E-state index contributed by atoms with van der Waals surface area (Å²) in [6, 6.07) is 19.7. The summed E-state index contributed by atoms with van der Waals surface area (Å²) >= 11 is 5.91. The Balaban J connectivity index is 1.94. The smallest absolute Gasteiger partial charge is 0.323 e. The molecule has 2 atom stereocenters. The Hall–Kier alpha value is -4.04. The van der Waals surface area contributed by atoms with E-state index in [9.17, 15) is 14.4 Å². The van der Waals surface area contributed by atoms with Crippen molar-refractivity contribution in [2.75, 3.05) is 5.32 Å². The Morgan fingerprint density at radius 1 is 0.758 bits per heavy atom. The van der Waals surface area contributed by atoms with Crippen LogP contribution in [0.4, 0.5) is 20.1 Å². The first-order valence-corrected chi connectivity index (χ1v) is 10.5. The number of nitrogens with one attached hydrogen (secondary N) is 4. The van der Waals surface area contributed by atoms with E-state index >= 15 is 0 Å². The van der Waals surface area contributed by atoms with Gasteiger partial charge < -0.3 is 21.7 Å². The maximum atomic E-state index is 12.9. The van der Waals surface area contributed by atoms with Gasteiger partial charge in [-0.1, -0.05) is 71.8 Å². The van der Waals surface area contributed by atoms with Crippen molar-refractivity contribution < 1.29 is 14.4 Å². The Morgan fingerprint density at radius 3 is 1.88 bits per heavy atom. The van der Waals surface area contributed by atoms with Crippen molar-refractivity contribution in [1.82, 2.24) is 16.0 Å². The van der Waals surface area contributed by atoms with Crippen LogP contribution in [0.1, 0.15) is 28.8 Å². The van der Waals surface area contributed by atoms with Gasteiger partial charge in [-0.2, -0.15) is 0 Å². The maximum Gasteiger partial charge on any atom is 0.323 e. The van der Waals surface area contributed by atoms with Crippen molar-refractivity contribution in [2.24, 2.45) is 5.73 Å². The zero-order valence-corrected chi connectivity index (χ0v) is 18.6. The molecule has 0 heterocycles. The fourth-order valence-corrected chi connectivity index (χ4v) is 3.41. The Kier molecular flexibility index (Phi) is 7.88. The fourth-order valence-electron chi connectivity index (χ4n) is 3.28. The predicted octanol–water partition coefficient (Wildman–Crippen LogP) is 4.63. The van der Waals surface area contributed by atoms with Crippen molar-refractivity contribution in [1.29, 1.82) is 0 Å². The van der Waals surface area contributed by atoms with Crippen LogP contribution in [0.3, 0.4) is 0 Å². The number of primary amides is 1. The number of imide groups is 1. The van der Waals surface area contributed by atoms with Gasteiger partial charge >= 0.3 is 18.1 Å². The van der Waals surface area contributed by atoms with Gasteiger partial charge in [-0.3, -0.25) is 5.32 Å². The lowest BCUT2D eigenvalue weighted by Gasteiger charge is -2.30. The zero-order chi connectivity index (χ0) is 23.8. The highest BCUT2D eigenvalue weighted by molar-refractivity contribution is 6.30. The molecule has 6 amide bonds. The number of halogens is 1. The number of aryl methyl sites for hydroxylation is 1. The van der Waals surface area contributed by atoms with E-state index in [-0.39, 0.29) is 0 Å². The molecule has 0 aliphatic rings. The summed E-state index contributed by atoms with van der Waals surface area (Å²) in [6.07, 6.45) is 0. The lowest BCUT2D eigenvalue weighted by Crippen LogP contribution is -2.47. The van der Waals surface area contributed by atoms with E-state index in [2.05, 4.69) is 16.0 Å². The monoisotopic (exact) mass is 465 g/mol. The van der Waals surface area contributed by atoms with Crippen molar-refractivity contribution in [3.05, 3.63) is 101 Å². The molecule has 0 aliphatic carbocycles. The summed E-state index contributed by atoms with van der Waals surface area (Å²) in [7, 11) is 0. The van der Waals surface area contributed by atoms with Gasteiger partial charge in [0.05, 0.1) is 12.1 Å². The van der Waals surface area contributed by atoms with Gasteiger partial charge in [-0.15, -0.1) is 0 Å². The van der Waals surface area contributed by atoms with Crippen LogP contribution < -0.4 is 27.0 Å². The third-order valence-electron chi connectivity index (χ3n) is 4.84. The molecule has 0 saturated heterocycles. The van der Waals surface area contributed by atoms with Gasteiger partial charge in [-0.05, 0) is 42.3 Å². The normalized spacial score (nSPS) is 12.2. The Morgan fingerprint density at radius 2 is 1.30 bits per heavy atom. The van der Waals surface area contributed by atoms with Crippen LogP contribution >= 0.6 is 11.6 Å². The second-order valence-corrected chi connectivity index (χ2v) is 7.78.